The van der Waals surface area contributed by atoms with Crippen molar-refractivity contribution in [3.63, 3.8) is 0 Å². The van der Waals surface area contributed by atoms with E-state index in [1.807, 2.05) is 43.9 Å². The van der Waals surface area contributed by atoms with E-state index in [-0.39, 0.29) is 47.4 Å². The number of piperazine rings is 1. The molecule has 2 aromatic heterocycles. The van der Waals surface area contributed by atoms with E-state index in [0.717, 1.165) is 5.56 Å². The summed E-state index contributed by atoms with van der Waals surface area (Å²) in [5.41, 5.74) is 7.31. The number of aromatic nitrogens is 2. The van der Waals surface area contributed by atoms with E-state index in [1.54, 1.807) is 31.7 Å². The highest BCUT2D eigenvalue weighted by molar-refractivity contribution is 6.30. The topological polar surface area (TPSA) is 93.7 Å². The molecule has 0 saturated carbocycles. The second-order valence-corrected chi connectivity index (χ2v) is 11.9. The Morgan fingerprint density at radius 3 is 2.54 bits per heavy atom. The summed E-state index contributed by atoms with van der Waals surface area (Å²) in [5, 5.41) is -0.0361. The molecule has 39 heavy (non-hydrogen) atoms. The minimum atomic E-state index is -0.741. The van der Waals surface area contributed by atoms with Crippen LogP contribution in [0.2, 0.25) is 5.15 Å². The summed E-state index contributed by atoms with van der Waals surface area (Å²) in [6, 6.07) is 7.93. The zero-order chi connectivity index (χ0) is 28.8. The molecule has 8 nitrogen and oxygen atoms in total. The zero-order valence-corrected chi connectivity index (χ0v) is 24.5. The molecule has 1 fully saturated rings. The number of para-hydroxylation sites is 1. The zero-order valence-electron chi connectivity index (χ0n) is 23.0. The van der Waals surface area contributed by atoms with E-state index >= 15 is 0 Å². The number of nitrogens with two attached hydrogens (primary N) is 1. The fraction of sp³-hybridized carbons (Fsp3) is 0.464. The van der Waals surface area contributed by atoms with Gasteiger partial charge in [-0.15, -0.1) is 11.6 Å². The number of carbonyl (C=O) groups excluding carboxylic acids is 1. The second kappa shape index (κ2) is 10.8. The molecular weight excluding hydrogens is 544 g/mol. The van der Waals surface area contributed by atoms with Gasteiger partial charge in [0.15, 0.2) is 16.6 Å². The average Bonchev–Trinajstić information content (AvgIpc) is 2.85. The van der Waals surface area contributed by atoms with E-state index in [0.29, 0.717) is 16.8 Å². The van der Waals surface area contributed by atoms with Crippen LogP contribution in [0.25, 0.3) is 16.7 Å². The van der Waals surface area contributed by atoms with Crippen LogP contribution < -0.4 is 16.2 Å². The van der Waals surface area contributed by atoms with Crippen molar-refractivity contribution < 1.29 is 13.9 Å². The maximum atomic E-state index is 14.9. The van der Waals surface area contributed by atoms with Crippen molar-refractivity contribution >= 4 is 51.7 Å². The van der Waals surface area contributed by atoms with Gasteiger partial charge >= 0.3 is 6.09 Å². The summed E-state index contributed by atoms with van der Waals surface area (Å²) in [5.74, 6) is -0.534. The number of fused-ring (bicyclic) bond motifs is 1. The summed E-state index contributed by atoms with van der Waals surface area (Å²) in [6.45, 7) is 11.8. The van der Waals surface area contributed by atoms with E-state index in [1.165, 1.54) is 10.6 Å². The Bertz CT molecular complexity index is 1470. The van der Waals surface area contributed by atoms with Crippen molar-refractivity contribution in [2.75, 3.05) is 29.6 Å². The van der Waals surface area contributed by atoms with E-state index in [9.17, 15) is 14.0 Å². The van der Waals surface area contributed by atoms with Crippen LogP contribution in [0, 0.1) is 5.82 Å². The van der Waals surface area contributed by atoms with Crippen molar-refractivity contribution in [1.29, 1.82) is 0 Å². The van der Waals surface area contributed by atoms with Crippen LogP contribution in [0.1, 0.15) is 53.0 Å². The van der Waals surface area contributed by atoms with Gasteiger partial charge in [-0.1, -0.05) is 43.6 Å². The molecule has 1 saturated heterocycles. The number of nitrogen functional groups attached to an aromatic ring is 1. The van der Waals surface area contributed by atoms with Crippen LogP contribution in [0.4, 0.5) is 20.6 Å². The van der Waals surface area contributed by atoms with Crippen LogP contribution in [-0.2, 0) is 4.74 Å². The van der Waals surface area contributed by atoms with Crippen molar-refractivity contribution in [3.8, 4) is 5.69 Å². The number of carbonyl (C=O) groups is 1. The molecule has 0 radical (unpaired) electrons. The Morgan fingerprint density at radius 2 is 1.92 bits per heavy atom. The molecule has 0 spiro atoms. The highest BCUT2D eigenvalue weighted by Gasteiger charge is 2.38. The summed E-state index contributed by atoms with van der Waals surface area (Å²) < 4.78 is 21.9. The van der Waals surface area contributed by atoms with Crippen molar-refractivity contribution in [1.82, 2.24) is 14.5 Å². The number of nitrogens with zero attached hydrogens (tertiary/aromatic N) is 4. The molecule has 1 aliphatic heterocycles. The minimum Gasteiger partial charge on any atom is -0.444 e. The van der Waals surface area contributed by atoms with Gasteiger partial charge in [0, 0.05) is 30.4 Å². The molecular formula is C28H34Cl2FN5O3. The number of alkyl halides is 1. The summed E-state index contributed by atoms with van der Waals surface area (Å²) in [7, 11) is 0. The average molecular weight is 579 g/mol. The first-order valence-corrected chi connectivity index (χ1v) is 13.8. The summed E-state index contributed by atoms with van der Waals surface area (Å²) >= 11 is 12.5. The third-order valence-corrected chi connectivity index (χ3v) is 7.42. The van der Waals surface area contributed by atoms with Gasteiger partial charge in [-0.05, 0) is 51.3 Å². The first-order valence-electron chi connectivity index (χ1n) is 12.9. The molecule has 3 aromatic rings. The number of rotatable bonds is 4. The Kier molecular flexibility index (Phi) is 8.06. The van der Waals surface area contributed by atoms with Gasteiger partial charge in [0.05, 0.1) is 17.4 Å². The molecule has 3 heterocycles. The summed E-state index contributed by atoms with van der Waals surface area (Å²) in [4.78, 5) is 34.7. The molecule has 1 aromatic carbocycles. The lowest BCUT2D eigenvalue weighted by molar-refractivity contribution is 0.0132. The highest BCUT2D eigenvalue weighted by Crippen LogP contribution is 2.37. The number of halogens is 3. The van der Waals surface area contributed by atoms with Gasteiger partial charge in [0.1, 0.15) is 11.3 Å². The normalized spacial score (nSPS) is 18.2. The number of hydrogen-bond donors (Lipinski definition) is 1. The smallest absolute Gasteiger partial charge is 0.410 e. The molecule has 0 aliphatic carbocycles. The first-order chi connectivity index (χ1) is 18.2. The predicted octanol–water partition coefficient (Wildman–Crippen LogP) is 5.94. The Morgan fingerprint density at radius 1 is 1.26 bits per heavy atom. The van der Waals surface area contributed by atoms with Crippen LogP contribution in [-0.4, -0.2) is 57.2 Å². The lowest BCUT2D eigenvalue weighted by Gasteiger charge is -2.46. The van der Waals surface area contributed by atoms with Crippen LogP contribution in [0.3, 0.4) is 0 Å². The molecule has 2 atom stereocenters. The van der Waals surface area contributed by atoms with Gasteiger partial charge in [0.25, 0.3) is 5.56 Å². The lowest BCUT2D eigenvalue weighted by Crippen LogP contribution is -2.60. The maximum Gasteiger partial charge on any atom is 0.410 e. The first kappa shape index (κ1) is 29.0. The van der Waals surface area contributed by atoms with Gasteiger partial charge in [-0.2, -0.15) is 0 Å². The number of pyridine rings is 2. The number of hydrogen-bond acceptors (Lipinski definition) is 6. The van der Waals surface area contributed by atoms with E-state index in [4.69, 9.17) is 33.7 Å². The Labute approximate surface area is 237 Å². The fourth-order valence-electron chi connectivity index (χ4n) is 5.00. The van der Waals surface area contributed by atoms with E-state index < -0.39 is 29.1 Å². The molecule has 1 amide bonds. The van der Waals surface area contributed by atoms with Crippen LogP contribution >= 0.6 is 23.2 Å². The monoisotopic (exact) mass is 577 g/mol. The van der Waals surface area contributed by atoms with Gasteiger partial charge in [-0.25, -0.2) is 14.2 Å². The second-order valence-electron chi connectivity index (χ2n) is 11.2. The molecule has 0 unspecified atom stereocenters. The van der Waals surface area contributed by atoms with Crippen molar-refractivity contribution in [3.05, 3.63) is 57.2 Å². The van der Waals surface area contributed by atoms with E-state index in [2.05, 4.69) is 4.98 Å². The predicted molar refractivity (Wildman–Crippen MR) is 155 cm³/mol. The minimum absolute atomic E-state index is 0.0717. The van der Waals surface area contributed by atoms with Crippen LogP contribution in [0.15, 0.2) is 35.1 Å². The maximum absolute atomic E-state index is 14.9. The third kappa shape index (κ3) is 5.52. The van der Waals surface area contributed by atoms with Gasteiger partial charge in [-0.3, -0.25) is 9.36 Å². The standard InChI is InChI=1S/C28H34Cl2FN5O3/c1-15(2)18-9-7-8-10-21(18)36-25-19(11-20(31)24(30)33-25)23(22(32)26(36)37)35-13-16(3)34(14-17(35)12-29)27(38)39-28(4,5)6/h7-11,15-17H,12-14,32H2,1-6H3/t16-,17+/m1/s1. The molecule has 1 aliphatic rings. The largest absolute Gasteiger partial charge is 0.444 e. The quantitative estimate of drug-likeness (QED) is 0.305. The molecule has 2 N–H and O–H groups in total. The number of anilines is 2. The van der Waals surface area contributed by atoms with Crippen molar-refractivity contribution in [2.45, 2.75) is 65.1 Å². The Balaban J connectivity index is 1.93. The van der Waals surface area contributed by atoms with Gasteiger partial charge in [0.2, 0.25) is 0 Å². The van der Waals surface area contributed by atoms with Gasteiger partial charge < -0.3 is 20.3 Å². The Hall–Kier alpha value is -3.04. The lowest BCUT2D eigenvalue weighted by atomic mass is 10.0. The SMILES string of the molecule is CC(C)c1ccccc1-n1c(=O)c(N)c(N2C[C@@H](C)N(C(=O)OC(C)(C)C)C[C@@H]2CCl)c2cc(F)c(Cl)nc21. The molecule has 4 rings (SSSR count). The molecule has 11 heteroatoms. The van der Waals surface area contributed by atoms with Crippen molar-refractivity contribution in [2.24, 2.45) is 0 Å². The molecule has 0 bridgehead atoms. The fourth-order valence-corrected chi connectivity index (χ4v) is 5.40. The van der Waals surface area contributed by atoms with Crippen LogP contribution in [0.5, 0.6) is 0 Å². The number of ether oxygens (including phenoxy) is 1. The highest BCUT2D eigenvalue weighted by atomic mass is 35.5. The summed E-state index contributed by atoms with van der Waals surface area (Å²) in [6.07, 6.45) is -0.456. The third-order valence-electron chi connectivity index (χ3n) is 6.80. The number of benzene rings is 1. The number of amides is 1. The molecule has 210 valence electrons.